The van der Waals surface area contributed by atoms with E-state index in [0.29, 0.717) is 18.5 Å². The van der Waals surface area contributed by atoms with E-state index in [1.807, 2.05) is 6.92 Å². The van der Waals surface area contributed by atoms with Crippen LogP contribution in [0, 0.1) is 18.3 Å². The predicted octanol–water partition coefficient (Wildman–Crippen LogP) is 0.992. The first-order chi connectivity index (χ1) is 7.11. The van der Waals surface area contributed by atoms with Crippen LogP contribution in [0.25, 0.3) is 0 Å². The van der Waals surface area contributed by atoms with Crippen molar-refractivity contribution in [3.63, 3.8) is 0 Å². The Bertz CT molecular complexity index is 446. The Morgan fingerprint density at radius 1 is 1.73 bits per heavy atom. The minimum absolute atomic E-state index is 0.0147. The number of carbonyl (C=O) groups excluding carboxylic acids is 1. The minimum Gasteiger partial charge on any atom is -0.326 e. The quantitative estimate of drug-likeness (QED) is 0.768. The molecule has 5 heteroatoms. The molecule has 78 valence electrons. The van der Waals surface area contributed by atoms with Crippen molar-refractivity contribution in [2.45, 2.75) is 19.4 Å². The monoisotopic (exact) mass is 221 g/mol. The molecule has 0 aromatic carbocycles. The molecule has 0 saturated carbocycles. The van der Waals surface area contributed by atoms with Crippen molar-refractivity contribution >= 4 is 22.2 Å². The lowest BCUT2D eigenvalue weighted by atomic mass is 10.3. The summed E-state index contributed by atoms with van der Waals surface area (Å²) >= 11 is 1.47. The molecule has 1 fully saturated rings. The van der Waals surface area contributed by atoms with Crippen LogP contribution in [0.2, 0.25) is 0 Å². The molecule has 1 aliphatic rings. The standard InChI is InChI=1S/C10H11N3OS/c1-6-2-7(4-11)10(15-6)13-5-8(12)3-9(13)14/h2,8H,3,5,12H2,1H3. The normalized spacial score (nSPS) is 20.7. The Balaban J connectivity index is 2.38. The van der Waals surface area contributed by atoms with E-state index in [1.54, 1.807) is 11.0 Å². The van der Waals surface area contributed by atoms with Gasteiger partial charge in [0.25, 0.3) is 0 Å². The smallest absolute Gasteiger partial charge is 0.229 e. The van der Waals surface area contributed by atoms with Gasteiger partial charge in [-0.05, 0) is 13.0 Å². The van der Waals surface area contributed by atoms with Crippen LogP contribution in [0.3, 0.4) is 0 Å². The molecule has 15 heavy (non-hydrogen) atoms. The van der Waals surface area contributed by atoms with Crippen molar-refractivity contribution in [2.24, 2.45) is 5.73 Å². The van der Waals surface area contributed by atoms with Crippen molar-refractivity contribution in [3.8, 4) is 6.07 Å². The summed E-state index contributed by atoms with van der Waals surface area (Å²) in [6.45, 7) is 2.45. The summed E-state index contributed by atoms with van der Waals surface area (Å²) in [4.78, 5) is 14.3. The van der Waals surface area contributed by atoms with E-state index in [2.05, 4.69) is 6.07 Å². The zero-order valence-electron chi connectivity index (χ0n) is 8.36. The van der Waals surface area contributed by atoms with Gasteiger partial charge in [-0.2, -0.15) is 5.26 Å². The molecule has 1 unspecified atom stereocenters. The van der Waals surface area contributed by atoms with Gasteiger partial charge in [0.2, 0.25) is 5.91 Å². The summed E-state index contributed by atoms with van der Waals surface area (Å²) < 4.78 is 0. The Labute approximate surface area is 91.9 Å². The van der Waals surface area contributed by atoms with E-state index in [0.717, 1.165) is 9.88 Å². The van der Waals surface area contributed by atoms with Crippen molar-refractivity contribution < 1.29 is 4.79 Å². The number of hydrogen-bond donors (Lipinski definition) is 1. The van der Waals surface area contributed by atoms with E-state index in [-0.39, 0.29) is 11.9 Å². The molecule has 1 aromatic heterocycles. The van der Waals surface area contributed by atoms with Gasteiger partial charge in [0.05, 0.1) is 5.56 Å². The fourth-order valence-corrected chi connectivity index (χ4v) is 2.70. The van der Waals surface area contributed by atoms with Gasteiger partial charge in [-0.25, -0.2) is 0 Å². The molecule has 1 atom stereocenters. The summed E-state index contributed by atoms with van der Waals surface area (Å²) in [6, 6.07) is 3.80. The van der Waals surface area contributed by atoms with Crippen molar-refractivity contribution in [3.05, 3.63) is 16.5 Å². The van der Waals surface area contributed by atoms with E-state index in [9.17, 15) is 4.79 Å². The average molecular weight is 221 g/mol. The fraction of sp³-hybridized carbons (Fsp3) is 0.400. The van der Waals surface area contributed by atoms with Crippen LogP contribution < -0.4 is 10.6 Å². The molecule has 0 aliphatic carbocycles. The van der Waals surface area contributed by atoms with Gasteiger partial charge in [0, 0.05) is 23.9 Å². The largest absolute Gasteiger partial charge is 0.326 e. The van der Waals surface area contributed by atoms with Crippen LogP contribution in [-0.4, -0.2) is 18.5 Å². The van der Waals surface area contributed by atoms with Gasteiger partial charge in [0.15, 0.2) is 0 Å². The van der Waals surface area contributed by atoms with Crippen molar-refractivity contribution in [1.82, 2.24) is 0 Å². The van der Waals surface area contributed by atoms with Crippen molar-refractivity contribution in [1.29, 1.82) is 5.26 Å². The van der Waals surface area contributed by atoms with Gasteiger partial charge >= 0.3 is 0 Å². The van der Waals surface area contributed by atoms with E-state index in [4.69, 9.17) is 11.0 Å². The molecule has 1 aliphatic heterocycles. The third kappa shape index (κ3) is 1.74. The Morgan fingerprint density at radius 2 is 2.47 bits per heavy atom. The highest BCUT2D eigenvalue weighted by Gasteiger charge is 2.30. The van der Waals surface area contributed by atoms with Gasteiger partial charge in [0.1, 0.15) is 11.1 Å². The third-order valence-electron chi connectivity index (χ3n) is 2.36. The summed E-state index contributed by atoms with van der Waals surface area (Å²) in [5, 5.41) is 9.68. The molecule has 2 heterocycles. The zero-order chi connectivity index (χ0) is 11.0. The Morgan fingerprint density at radius 3 is 3.00 bits per heavy atom. The summed E-state index contributed by atoms with van der Waals surface area (Å²) in [5.41, 5.74) is 6.28. The van der Waals surface area contributed by atoms with Crippen LogP contribution in [0.4, 0.5) is 5.00 Å². The lowest BCUT2D eigenvalue weighted by Crippen LogP contribution is -2.27. The highest BCUT2D eigenvalue weighted by Crippen LogP contribution is 2.33. The lowest BCUT2D eigenvalue weighted by molar-refractivity contribution is -0.117. The van der Waals surface area contributed by atoms with Crippen LogP contribution >= 0.6 is 11.3 Å². The number of aryl methyl sites for hydroxylation is 1. The second-order valence-electron chi connectivity index (χ2n) is 3.66. The predicted molar refractivity (Wildman–Crippen MR) is 58.7 cm³/mol. The molecular weight excluding hydrogens is 210 g/mol. The number of nitrogens with zero attached hydrogens (tertiary/aromatic N) is 2. The highest BCUT2D eigenvalue weighted by atomic mass is 32.1. The molecule has 4 nitrogen and oxygen atoms in total. The summed E-state index contributed by atoms with van der Waals surface area (Å²) in [7, 11) is 0. The van der Waals surface area contributed by atoms with E-state index < -0.39 is 0 Å². The molecule has 0 bridgehead atoms. The summed E-state index contributed by atoms with van der Waals surface area (Å²) in [6.07, 6.45) is 0.377. The maximum absolute atomic E-state index is 11.6. The summed E-state index contributed by atoms with van der Waals surface area (Å²) in [5.74, 6) is 0.0147. The molecular formula is C10H11N3OS. The zero-order valence-corrected chi connectivity index (χ0v) is 9.17. The van der Waals surface area contributed by atoms with E-state index in [1.165, 1.54) is 11.3 Å². The van der Waals surface area contributed by atoms with Gasteiger partial charge in [-0.3, -0.25) is 4.79 Å². The molecule has 1 amide bonds. The molecule has 0 radical (unpaired) electrons. The average Bonchev–Trinajstić information content (AvgIpc) is 2.69. The maximum atomic E-state index is 11.6. The first kappa shape index (κ1) is 10.1. The van der Waals surface area contributed by atoms with Gasteiger partial charge in [-0.1, -0.05) is 0 Å². The van der Waals surface area contributed by atoms with Crippen molar-refractivity contribution in [2.75, 3.05) is 11.4 Å². The topological polar surface area (TPSA) is 70.1 Å². The fourth-order valence-electron chi connectivity index (χ4n) is 1.71. The number of anilines is 1. The molecule has 0 spiro atoms. The Kier molecular flexibility index (Phi) is 2.47. The number of carbonyl (C=O) groups is 1. The van der Waals surface area contributed by atoms with Gasteiger partial charge < -0.3 is 10.6 Å². The van der Waals surface area contributed by atoms with Crippen LogP contribution in [0.1, 0.15) is 16.9 Å². The molecule has 2 N–H and O–H groups in total. The van der Waals surface area contributed by atoms with E-state index >= 15 is 0 Å². The number of rotatable bonds is 1. The maximum Gasteiger partial charge on any atom is 0.229 e. The highest BCUT2D eigenvalue weighted by molar-refractivity contribution is 7.16. The Hall–Kier alpha value is -1.38. The first-order valence-electron chi connectivity index (χ1n) is 4.68. The number of amides is 1. The second-order valence-corrected chi connectivity index (χ2v) is 4.89. The van der Waals surface area contributed by atoms with Crippen LogP contribution in [0.5, 0.6) is 0 Å². The first-order valence-corrected chi connectivity index (χ1v) is 5.50. The van der Waals surface area contributed by atoms with Crippen LogP contribution in [-0.2, 0) is 4.79 Å². The minimum atomic E-state index is -0.105. The lowest BCUT2D eigenvalue weighted by Gasteiger charge is -2.13. The molecule has 1 aromatic rings. The second kappa shape index (κ2) is 3.65. The van der Waals surface area contributed by atoms with Gasteiger partial charge in [-0.15, -0.1) is 11.3 Å². The SMILES string of the molecule is Cc1cc(C#N)c(N2CC(N)CC2=O)s1. The molecule has 2 rings (SSSR count). The number of hydrogen-bond acceptors (Lipinski definition) is 4. The van der Waals surface area contributed by atoms with Crippen LogP contribution in [0.15, 0.2) is 6.07 Å². The number of nitriles is 1. The number of thiophene rings is 1. The molecule has 1 saturated heterocycles. The number of nitrogens with two attached hydrogens (primary N) is 1. The third-order valence-corrected chi connectivity index (χ3v) is 3.43.